The van der Waals surface area contributed by atoms with E-state index in [2.05, 4.69) is 39.0 Å². The second kappa shape index (κ2) is 5.49. The van der Waals surface area contributed by atoms with Crippen LogP contribution >= 0.6 is 0 Å². The maximum Gasteiger partial charge on any atom is 0.130 e. The molecule has 108 valence electrons. The number of nitrogens with zero attached hydrogens (tertiary/aromatic N) is 1. The van der Waals surface area contributed by atoms with Crippen molar-refractivity contribution in [2.24, 2.45) is 0 Å². The van der Waals surface area contributed by atoms with Gasteiger partial charge in [0.05, 0.1) is 5.56 Å². The topological polar surface area (TPSA) is 59.0 Å². The van der Waals surface area contributed by atoms with Crippen LogP contribution in [0.25, 0.3) is 0 Å². The summed E-state index contributed by atoms with van der Waals surface area (Å²) in [5, 5.41) is 9.00. The molecule has 0 saturated carbocycles. The molecule has 0 aliphatic rings. The molecule has 0 fully saturated rings. The normalized spacial score (nSPS) is 11.0. The van der Waals surface area contributed by atoms with Crippen LogP contribution in [0.5, 0.6) is 11.5 Å². The zero-order valence-corrected chi connectivity index (χ0v) is 12.9. The highest BCUT2D eigenvalue weighted by atomic mass is 16.5. The van der Waals surface area contributed by atoms with E-state index in [0.29, 0.717) is 17.0 Å². The van der Waals surface area contributed by atoms with E-state index in [4.69, 9.17) is 15.7 Å². The Kier molecular flexibility index (Phi) is 3.90. The molecule has 0 heterocycles. The highest BCUT2D eigenvalue weighted by Crippen LogP contribution is 2.31. The molecule has 2 rings (SSSR count). The first-order chi connectivity index (χ1) is 9.81. The number of nitrogen functional groups attached to an aromatic ring is 1. The van der Waals surface area contributed by atoms with Crippen LogP contribution in [0.4, 0.5) is 5.69 Å². The zero-order valence-electron chi connectivity index (χ0n) is 12.9. The van der Waals surface area contributed by atoms with E-state index in [0.717, 1.165) is 11.3 Å². The van der Waals surface area contributed by atoms with Gasteiger partial charge in [-0.15, -0.1) is 0 Å². The SMILES string of the molecule is Cc1cc(C(C)(C)C)ccc1Oc1ccc(N)c(C#N)c1. The summed E-state index contributed by atoms with van der Waals surface area (Å²) in [5.74, 6) is 1.41. The van der Waals surface area contributed by atoms with Crippen LogP contribution < -0.4 is 10.5 Å². The number of anilines is 1. The highest BCUT2D eigenvalue weighted by Gasteiger charge is 2.15. The fraction of sp³-hybridized carbons (Fsp3) is 0.278. The average molecular weight is 280 g/mol. The Morgan fingerprint density at radius 1 is 1.10 bits per heavy atom. The van der Waals surface area contributed by atoms with E-state index < -0.39 is 0 Å². The minimum atomic E-state index is 0.110. The number of benzene rings is 2. The second-order valence-electron chi connectivity index (χ2n) is 6.19. The van der Waals surface area contributed by atoms with E-state index in [1.807, 2.05) is 13.0 Å². The van der Waals surface area contributed by atoms with E-state index in [9.17, 15) is 0 Å². The lowest BCUT2D eigenvalue weighted by Crippen LogP contribution is -2.11. The van der Waals surface area contributed by atoms with Crippen molar-refractivity contribution in [2.75, 3.05) is 5.73 Å². The van der Waals surface area contributed by atoms with Gasteiger partial charge in [0.2, 0.25) is 0 Å². The van der Waals surface area contributed by atoms with Gasteiger partial charge in [0.25, 0.3) is 0 Å². The van der Waals surface area contributed by atoms with E-state index >= 15 is 0 Å². The van der Waals surface area contributed by atoms with Gasteiger partial charge in [0.15, 0.2) is 0 Å². The standard InChI is InChI=1S/C18H20N2O/c1-12-9-14(18(2,3)4)5-8-17(12)21-15-6-7-16(20)13(10-15)11-19/h5-10H,20H2,1-4H3. The largest absolute Gasteiger partial charge is 0.457 e. The van der Waals surface area contributed by atoms with Crippen molar-refractivity contribution in [3.05, 3.63) is 53.1 Å². The Morgan fingerprint density at radius 3 is 2.38 bits per heavy atom. The molecular weight excluding hydrogens is 260 g/mol. The number of ether oxygens (including phenoxy) is 1. The molecule has 0 unspecified atom stereocenters. The summed E-state index contributed by atoms with van der Waals surface area (Å²) in [4.78, 5) is 0. The Bertz CT molecular complexity index is 706. The van der Waals surface area contributed by atoms with Gasteiger partial charge >= 0.3 is 0 Å². The van der Waals surface area contributed by atoms with Gasteiger partial charge in [0.1, 0.15) is 17.6 Å². The van der Waals surface area contributed by atoms with Crippen molar-refractivity contribution < 1.29 is 4.74 Å². The number of hydrogen-bond acceptors (Lipinski definition) is 3. The summed E-state index contributed by atoms with van der Waals surface area (Å²) < 4.78 is 5.87. The summed E-state index contributed by atoms with van der Waals surface area (Å²) in [6.45, 7) is 8.57. The molecule has 0 atom stereocenters. The molecule has 0 aliphatic carbocycles. The lowest BCUT2D eigenvalue weighted by atomic mass is 9.86. The van der Waals surface area contributed by atoms with Crippen molar-refractivity contribution in [2.45, 2.75) is 33.1 Å². The molecule has 0 aliphatic heterocycles. The second-order valence-corrected chi connectivity index (χ2v) is 6.19. The Balaban J connectivity index is 2.31. The predicted molar refractivity (Wildman–Crippen MR) is 85.5 cm³/mol. The molecular formula is C18H20N2O. The number of aryl methyl sites for hydroxylation is 1. The average Bonchev–Trinajstić information content (AvgIpc) is 2.42. The molecule has 0 aromatic heterocycles. The molecule has 0 spiro atoms. The quantitative estimate of drug-likeness (QED) is 0.822. The summed E-state index contributed by atoms with van der Waals surface area (Å²) in [6, 6.07) is 13.4. The van der Waals surface area contributed by atoms with Crippen molar-refractivity contribution in [1.29, 1.82) is 5.26 Å². The van der Waals surface area contributed by atoms with Crippen LogP contribution in [0.2, 0.25) is 0 Å². The predicted octanol–water partition coefficient (Wildman–Crippen LogP) is 4.54. The van der Waals surface area contributed by atoms with Crippen LogP contribution in [0, 0.1) is 18.3 Å². The molecule has 0 radical (unpaired) electrons. The van der Waals surface area contributed by atoms with Crippen molar-refractivity contribution >= 4 is 5.69 Å². The van der Waals surface area contributed by atoms with Crippen LogP contribution in [0.3, 0.4) is 0 Å². The van der Waals surface area contributed by atoms with E-state index in [1.54, 1.807) is 18.2 Å². The maximum absolute atomic E-state index is 9.00. The Morgan fingerprint density at radius 2 is 1.81 bits per heavy atom. The third-order valence-corrected chi connectivity index (χ3v) is 3.41. The first-order valence-corrected chi connectivity index (χ1v) is 6.90. The molecule has 0 amide bonds. The van der Waals surface area contributed by atoms with Gasteiger partial charge in [0, 0.05) is 11.8 Å². The molecule has 21 heavy (non-hydrogen) atoms. The van der Waals surface area contributed by atoms with E-state index in [-0.39, 0.29) is 5.41 Å². The minimum Gasteiger partial charge on any atom is -0.457 e. The van der Waals surface area contributed by atoms with E-state index in [1.165, 1.54) is 5.56 Å². The van der Waals surface area contributed by atoms with Crippen LogP contribution in [-0.4, -0.2) is 0 Å². The van der Waals surface area contributed by atoms with Gasteiger partial charge in [-0.3, -0.25) is 0 Å². The Labute approximate surface area is 126 Å². The molecule has 3 heteroatoms. The van der Waals surface area contributed by atoms with Gasteiger partial charge in [-0.25, -0.2) is 0 Å². The molecule has 0 bridgehead atoms. The van der Waals surface area contributed by atoms with Gasteiger partial charge < -0.3 is 10.5 Å². The third-order valence-electron chi connectivity index (χ3n) is 3.41. The first kappa shape index (κ1) is 14.9. The Hall–Kier alpha value is -2.47. The summed E-state index contributed by atoms with van der Waals surface area (Å²) in [6.07, 6.45) is 0. The molecule has 0 saturated heterocycles. The number of nitriles is 1. The summed E-state index contributed by atoms with van der Waals surface area (Å²) in [7, 11) is 0. The first-order valence-electron chi connectivity index (χ1n) is 6.90. The van der Waals surface area contributed by atoms with Crippen molar-refractivity contribution in [1.82, 2.24) is 0 Å². The van der Waals surface area contributed by atoms with Crippen LogP contribution in [0.1, 0.15) is 37.5 Å². The fourth-order valence-electron chi connectivity index (χ4n) is 2.05. The smallest absolute Gasteiger partial charge is 0.130 e. The fourth-order valence-corrected chi connectivity index (χ4v) is 2.05. The molecule has 2 aromatic carbocycles. The zero-order chi connectivity index (χ0) is 15.6. The van der Waals surface area contributed by atoms with Crippen LogP contribution in [0.15, 0.2) is 36.4 Å². The third kappa shape index (κ3) is 3.35. The molecule has 3 nitrogen and oxygen atoms in total. The van der Waals surface area contributed by atoms with Gasteiger partial charge in [-0.05, 0) is 41.7 Å². The number of hydrogen-bond donors (Lipinski definition) is 1. The highest BCUT2D eigenvalue weighted by molar-refractivity contribution is 5.57. The summed E-state index contributed by atoms with van der Waals surface area (Å²) in [5.41, 5.74) is 9.05. The number of nitrogens with two attached hydrogens (primary N) is 1. The summed E-state index contributed by atoms with van der Waals surface area (Å²) >= 11 is 0. The van der Waals surface area contributed by atoms with Gasteiger partial charge in [-0.2, -0.15) is 5.26 Å². The molecule has 2 N–H and O–H groups in total. The lowest BCUT2D eigenvalue weighted by molar-refractivity contribution is 0.477. The minimum absolute atomic E-state index is 0.110. The molecule has 2 aromatic rings. The van der Waals surface area contributed by atoms with Crippen LogP contribution in [-0.2, 0) is 5.41 Å². The lowest BCUT2D eigenvalue weighted by Gasteiger charge is -2.20. The van der Waals surface area contributed by atoms with Gasteiger partial charge in [-0.1, -0.05) is 32.9 Å². The maximum atomic E-state index is 9.00. The number of rotatable bonds is 2. The van der Waals surface area contributed by atoms with Crippen molar-refractivity contribution in [3.63, 3.8) is 0 Å². The van der Waals surface area contributed by atoms with Crippen molar-refractivity contribution in [3.8, 4) is 17.6 Å². The monoisotopic (exact) mass is 280 g/mol.